The number of esters is 1. The minimum absolute atomic E-state index is 0.122. The van der Waals surface area contributed by atoms with Gasteiger partial charge in [0.25, 0.3) is 0 Å². The second-order valence-electron chi connectivity index (χ2n) is 3.62. The topological polar surface area (TPSA) is 63.6 Å². The molecule has 1 rings (SSSR count). The molecule has 0 bridgehead atoms. The first-order valence-corrected chi connectivity index (χ1v) is 5.52. The average Bonchev–Trinajstić information content (AvgIpc) is 2.37. The minimum Gasteiger partial charge on any atom is -0.481 e. The van der Waals surface area contributed by atoms with Gasteiger partial charge in [-0.25, -0.2) is 4.79 Å². The molecular formula is C14H14O4. The molecule has 0 spiro atoms. The van der Waals surface area contributed by atoms with Gasteiger partial charge in [0.2, 0.25) is 0 Å². The van der Waals surface area contributed by atoms with E-state index in [1.807, 2.05) is 0 Å². The number of methoxy groups -OCH3 is 1. The van der Waals surface area contributed by atoms with Gasteiger partial charge in [-0.3, -0.25) is 4.79 Å². The lowest BCUT2D eigenvalue weighted by molar-refractivity contribution is -0.137. The Labute approximate surface area is 106 Å². The number of unbranched alkanes of at least 4 members (excludes halogenated alkanes) is 1. The third-order valence-electron chi connectivity index (χ3n) is 2.21. The Morgan fingerprint density at radius 3 is 2.83 bits per heavy atom. The van der Waals surface area contributed by atoms with E-state index in [-0.39, 0.29) is 6.42 Å². The van der Waals surface area contributed by atoms with Crippen LogP contribution in [0.3, 0.4) is 0 Å². The lowest BCUT2D eigenvalue weighted by Crippen LogP contribution is -2.00. The summed E-state index contributed by atoms with van der Waals surface area (Å²) in [5, 5.41) is 8.45. The van der Waals surface area contributed by atoms with Crippen molar-refractivity contribution in [2.24, 2.45) is 0 Å². The molecule has 4 nitrogen and oxygen atoms in total. The van der Waals surface area contributed by atoms with E-state index in [2.05, 4.69) is 16.6 Å². The maximum Gasteiger partial charge on any atom is 0.337 e. The van der Waals surface area contributed by atoms with Crippen LogP contribution >= 0.6 is 0 Å². The number of carboxylic acids is 1. The fourth-order valence-electron chi connectivity index (χ4n) is 1.33. The maximum atomic E-state index is 11.3. The molecule has 0 unspecified atom stereocenters. The lowest BCUT2D eigenvalue weighted by Gasteiger charge is -1.98. The second kappa shape index (κ2) is 7.13. The van der Waals surface area contributed by atoms with Gasteiger partial charge in [0.15, 0.2) is 0 Å². The van der Waals surface area contributed by atoms with E-state index in [1.165, 1.54) is 7.11 Å². The van der Waals surface area contributed by atoms with Crippen LogP contribution in [0.2, 0.25) is 0 Å². The summed E-state index contributed by atoms with van der Waals surface area (Å²) in [6, 6.07) is 6.82. The van der Waals surface area contributed by atoms with Crippen LogP contribution in [0.1, 0.15) is 35.2 Å². The van der Waals surface area contributed by atoms with Crippen LogP contribution in [-0.2, 0) is 9.53 Å². The molecule has 0 radical (unpaired) electrons. The Kier molecular flexibility index (Phi) is 5.46. The first-order valence-electron chi connectivity index (χ1n) is 5.52. The number of benzene rings is 1. The van der Waals surface area contributed by atoms with E-state index >= 15 is 0 Å². The fraction of sp³-hybridized carbons (Fsp3) is 0.286. The van der Waals surface area contributed by atoms with Crippen LogP contribution in [0, 0.1) is 11.8 Å². The number of carboxylic acid groups (broad SMARTS) is 1. The molecule has 0 saturated heterocycles. The number of carbonyl (C=O) groups is 2. The summed E-state index contributed by atoms with van der Waals surface area (Å²) < 4.78 is 4.61. The Morgan fingerprint density at radius 1 is 1.39 bits per heavy atom. The smallest absolute Gasteiger partial charge is 0.337 e. The largest absolute Gasteiger partial charge is 0.481 e. The van der Waals surface area contributed by atoms with Crippen molar-refractivity contribution >= 4 is 11.9 Å². The lowest BCUT2D eigenvalue weighted by atomic mass is 10.1. The van der Waals surface area contributed by atoms with E-state index in [0.717, 1.165) is 0 Å². The van der Waals surface area contributed by atoms with Crippen molar-refractivity contribution in [1.82, 2.24) is 0 Å². The molecule has 0 amide bonds. The molecule has 0 saturated carbocycles. The molecule has 18 heavy (non-hydrogen) atoms. The van der Waals surface area contributed by atoms with Crippen molar-refractivity contribution in [2.45, 2.75) is 19.3 Å². The maximum absolute atomic E-state index is 11.3. The quantitative estimate of drug-likeness (QED) is 0.502. The van der Waals surface area contributed by atoms with Crippen molar-refractivity contribution < 1.29 is 19.4 Å². The normalized spacial score (nSPS) is 9.17. The van der Waals surface area contributed by atoms with Crippen LogP contribution < -0.4 is 0 Å². The van der Waals surface area contributed by atoms with Crippen molar-refractivity contribution in [2.75, 3.05) is 7.11 Å². The highest BCUT2D eigenvalue weighted by Crippen LogP contribution is 2.05. The zero-order valence-corrected chi connectivity index (χ0v) is 10.1. The van der Waals surface area contributed by atoms with Gasteiger partial charge in [0.05, 0.1) is 12.7 Å². The van der Waals surface area contributed by atoms with Crippen LogP contribution in [0.5, 0.6) is 0 Å². The average molecular weight is 246 g/mol. The molecule has 0 aromatic heterocycles. The van der Waals surface area contributed by atoms with Gasteiger partial charge in [-0.05, 0) is 24.6 Å². The third-order valence-corrected chi connectivity index (χ3v) is 2.21. The molecule has 1 N–H and O–H groups in total. The second-order valence-corrected chi connectivity index (χ2v) is 3.62. The monoisotopic (exact) mass is 246 g/mol. The fourth-order valence-corrected chi connectivity index (χ4v) is 1.33. The van der Waals surface area contributed by atoms with Gasteiger partial charge >= 0.3 is 11.9 Å². The summed E-state index contributed by atoms with van der Waals surface area (Å²) >= 11 is 0. The highest BCUT2D eigenvalue weighted by Gasteiger charge is 2.03. The van der Waals surface area contributed by atoms with Crippen molar-refractivity contribution in [3.8, 4) is 11.8 Å². The zero-order chi connectivity index (χ0) is 13.4. The van der Waals surface area contributed by atoms with Gasteiger partial charge in [-0.1, -0.05) is 17.9 Å². The number of ether oxygens (including phenoxy) is 1. The number of aliphatic carboxylic acids is 1. The predicted octanol–water partition coefficient (Wildman–Crippen LogP) is 2.08. The van der Waals surface area contributed by atoms with E-state index in [4.69, 9.17) is 5.11 Å². The highest BCUT2D eigenvalue weighted by molar-refractivity contribution is 5.89. The van der Waals surface area contributed by atoms with Crippen molar-refractivity contribution in [3.63, 3.8) is 0 Å². The molecular weight excluding hydrogens is 232 g/mol. The van der Waals surface area contributed by atoms with E-state index in [1.54, 1.807) is 24.3 Å². The van der Waals surface area contributed by atoms with Crippen LogP contribution in [0.15, 0.2) is 24.3 Å². The summed E-state index contributed by atoms with van der Waals surface area (Å²) in [5.74, 6) is 4.55. The molecule has 0 heterocycles. The number of hydrogen-bond acceptors (Lipinski definition) is 3. The zero-order valence-electron chi connectivity index (χ0n) is 10.1. The standard InChI is InChI=1S/C14H14O4/c1-18-14(17)12-8-5-7-11(10-12)6-3-2-4-9-13(15)16/h5,7-8,10H,2,4,9H2,1H3,(H,15,16). The Balaban J connectivity index is 2.59. The number of carbonyl (C=O) groups excluding carboxylic acids is 1. The molecule has 1 aromatic carbocycles. The van der Waals surface area contributed by atoms with E-state index < -0.39 is 11.9 Å². The molecule has 1 aromatic rings. The molecule has 0 atom stereocenters. The summed E-state index contributed by atoms with van der Waals surface area (Å²) in [7, 11) is 1.33. The molecule has 0 fully saturated rings. The van der Waals surface area contributed by atoms with Crippen LogP contribution in [0.4, 0.5) is 0 Å². The summed E-state index contributed by atoms with van der Waals surface area (Å²) in [6.45, 7) is 0. The molecule has 0 aliphatic rings. The number of hydrogen-bond donors (Lipinski definition) is 1. The van der Waals surface area contributed by atoms with Gasteiger partial charge in [0, 0.05) is 18.4 Å². The summed E-state index contributed by atoms with van der Waals surface area (Å²) in [4.78, 5) is 21.6. The van der Waals surface area contributed by atoms with Crippen molar-refractivity contribution in [1.29, 1.82) is 0 Å². The molecule has 94 valence electrons. The van der Waals surface area contributed by atoms with Crippen LogP contribution in [0.25, 0.3) is 0 Å². The third kappa shape index (κ3) is 4.71. The first-order chi connectivity index (χ1) is 8.63. The molecule has 4 heteroatoms. The summed E-state index contributed by atoms with van der Waals surface area (Å²) in [5.41, 5.74) is 1.17. The van der Waals surface area contributed by atoms with Crippen molar-refractivity contribution in [3.05, 3.63) is 35.4 Å². The minimum atomic E-state index is -0.815. The van der Waals surface area contributed by atoms with E-state index in [9.17, 15) is 9.59 Å². The molecule has 0 aliphatic carbocycles. The van der Waals surface area contributed by atoms with Gasteiger partial charge < -0.3 is 9.84 Å². The highest BCUT2D eigenvalue weighted by atomic mass is 16.5. The number of rotatable bonds is 4. The van der Waals surface area contributed by atoms with Gasteiger partial charge in [0.1, 0.15) is 0 Å². The molecule has 0 aliphatic heterocycles. The van der Waals surface area contributed by atoms with E-state index in [0.29, 0.717) is 24.0 Å². The Hall–Kier alpha value is -2.28. The SMILES string of the molecule is COC(=O)c1cccc(C#CCCCC(=O)O)c1. The Bertz CT molecular complexity index is 494. The summed E-state index contributed by atoms with van der Waals surface area (Å²) in [6.07, 6.45) is 1.17. The van der Waals surface area contributed by atoms with Crippen LogP contribution in [-0.4, -0.2) is 24.2 Å². The Morgan fingerprint density at radius 2 is 2.17 bits per heavy atom. The first kappa shape index (κ1) is 13.8. The predicted molar refractivity (Wildman–Crippen MR) is 66.1 cm³/mol. The van der Waals surface area contributed by atoms with Gasteiger partial charge in [-0.15, -0.1) is 0 Å². The van der Waals surface area contributed by atoms with Gasteiger partial charge in [-0.2, -0.15) is 0 Å².